The maximum absolute atomic E-state index is 12.0. The molecule has 3 N–H and O–H groups in total. The van der Waals surface area contributed by atoms with Gasteiger partial charge in [-0.2, -0.15) is 0 Å². The highest BCUT2D eigenvalue weighted by molar-refractivity contribution is 5.89. The zero-order chi connectivity index (χ0) is 13.2. The first-order valence-corrected chi connectivity index (χ1v) is 6.31. The fraction of sp³-hybridized carbons (Fsp3) is 0.500. The molecule has 1 atom stereocenters. The number of carbonyl (C=O) groups is 1. The predicted molar refractivity (Wildman–Crippen MR) is 72.0 cm³/mol. The van der Waals surface area contributed by atoms with Crippen LogP contribution in [-0.2, 0) is 4.79 Å². The van der Waals surface area contributed by atoms with Crippen molar-refractivity contribution >= 4 is 5.91 Å². The molecule has 4 nitrogen and oxygen atoms in total. The lowest BCUT2D eigenvalue weighted by Crippen LogP contribution is -2.46. The Balaban J connectivity index is 2.08. The number of nitrogens with one attached hydrogen (secondary N) is 1. The Kier molecular flexibility index (Phi) is 3.68. The Labute approximate surface area is 108 Å². The Morgan fingerprint density at radius 2 is 2.00 bits per heavy atom. The molecule has 0 heterocycles. The van der Waals surface area contributed by atoms with Gasteiger partial charge in [0.1, 0.15) is 0 Å². The molecule has 0 radical (unpaired) electrons. The molecule has 18 heavy (non-hydrogen) atoms. The summed E-state index contributed by atoms with van der Waals surface area (Å²) in [6.07, 6.45) is 1.59. The largest absolute Gasteiger partial charge is 0.346 e. The smallest absolute Gasteiger partial charge is 0.240 e. The molecule has 1 aromatic rings. The lowest BCUT2D eigenvalue weighted by atomic mass is 10.1. The van der Waals surface area contributed by atoms with Gasteiger partial charge in [0.25, 0.3) is 0 Å². The first kappa shape index (κ1) is 13.1. The molecule has 0 saturated heterocycles. The number of carbonyl (C=O) groups excluding carboxylic acids is 1. The van der Waals surface area contributed by atoms with Crippen LogP contribution in [-0.4, -0.2) is 37.0 Å². The van der Waals surface area contributed by atoms with Crippen LogP contribution in [0.5, 0.6) is 0 Å². The molecular formula is C14H21N3O. The van der Waals surface area contributed by atoms with Crippen molar-refractivity contribution in [2.75, 3.05) is 20.6 Å². The highest BCUT2D eigenvalue weighted by Gasteiger charge is 2.46. The van der Waals surface area contributed by atoms with E-state index in [0.29, 0.717) is 0 Å². The highest BCUT2D eigenvalue weighted by atomic mass is 16.2. The van der Waals surface area contributed by atoms with Crippen molar-refractivity contribution in [1.82, 2.24) is 10.2 Å². The lowest BCUT2D eigenvalue weighted by molar-refractivity contribution is -0.124. The molecule has 0 aromatic heterocycles. The van der Waals surface area contributed by atoms with Gasteiger partial charge in [0.15, 0.2) is 0 Å². The van der Waals surface area contributed by atoms with E-state index in [1.54, 1.807) is 0 Å². The second-order valence-electron chi connectivity index (χ2n) is 5.36. The molecule has 1 aliphatic carbocycles. The Morgan fingerprint density at radius 3 is 2.50 bits per heavy atom. The Morgan fingerprint density at radius 1 is 1.39 bits per heavy atom. The number of hydrogen-bond donors (Lipinski definition) is 2. The van der Waals surface area contributed by atoms with Crippen LogP contribution in [0.4, 0.5) is 0 Å². The Hall–Kier alpha value is -1.39. The molecular weight excluding hydrogens is 226 g/mol. The van der Waals surface area contributed by atoms with Gasteiger partial charge < -0.3 is 16.0 Å². The average Bonchev–Trinajstić information content (AvgIpc) is 3.08. The van der Waals surface area contributed by atoms with E-state index in [-0.39, 0.29) is 11.9 Å². The minimum absolute atomic E-state index is 0.00488. The molecule has 1 aromatic carbocycles. The van der Waals surface area contributed by atoms with Crippen LogP contribution in [0.2, 0.25) is 0 Å². The SMILES string of the molecule is CN(C)CC(NC(=O)C1(N)CC1)c1ccccc1. The van der Waals surface area contributed by atoms with Crippen molar-refractivity contribution in [2.24, 2.45) is 5.73 Å². The van der Waals surface area contributed by atoms with Gasteiger partial charge in [-0.15, -0.1) is 0 Å². The third-order valence-electron chi connectivity index (χ3n) is 3.30. The molecule has 2 rings (SSSR count). The summed E-state index contributed by atoms with van der Waals surface area (Å²) >= 11 is 0. The summed E-state index contributed by atoms with van der Waals surface area (Å²) in [5.41, 5.74) is 6.42. The number of nitrogens with two attached hydrogens (primary N) is 1. The molecule has 1 aliphatic rings. The second-order valence-corrected chi connectivity index (χ2v) is 5.36. The van der Waals surface area contributed by atoms with E-state index in [1.165, 1.54) is 0 Å². The topological polar surface area (TPSA) is 58.4 Å². The van der Waals surface area contributed by atoms with Crippen molar-refractivity contribution in [2.45, 2.75) is 24.4 Å². The van der Waals surface area contributed by atoms with Gasteiger partial charge in [0, 0.05) is 6.54 Å². The van der Waals surface area contributed by atoms with Crippen molar-refractivity contribution in [3.05, 3.63) is 35.9 Å². The maximum Gasteiger partial charge on any atom is 0.240 e. The van der Waals surface area contributed by atoms with Crippen LogP contribution in [0.3, 0.4) is 0 Å². The van der Waals surface area contributed by atoms with Gasteiger partial charge in [-0.3, -0.25) is 4.79 Å². The molecule has 0 aliphatic heterocycles. The van der Waals surface area contributed by atoms with Gasteiger partial charge in [0.2, 0.25) is 5.91 Å². The van der Waals surface area contributed by atoms with Gasteiger partial charge in [-0.05, 0) is 32.5 Å². The van der Waals surface area contributed by atoms with Crippen molar-refractivity contribution in [1.29, 1.82) is 0 Å². The van der Waals surface area contributed by atoms with Crippen LogP contribution in [0.15, 0.2) is 30.3 Å². The summed E-state index contributed by atoms with van der Waals surface area (Å²) in [6, 6.07) is 10.0. The van der Waals surface area contributed by atoms with Crippen LogP contribution >= 0.6 is 0 Å². The number of amides is 1. The van der Waals surface area contributed by atoms with Crippen molar-refractivity contribution in [3.8, 4) is 0 Å². The zero-order valence-corrected chi connectivity index (χ0v) is 11.0. The Bertz CT molecular complexity index is 412. The van der Waals surface area contributed by atoms with Crippen LogP contribution in [0.1, 0.15) is 24.4 Å². The first-order valence-electron chi connectivity index (χ1n) is 6.31. The summed E-state index contributed by atoms with van der Waals surface area (Å²) < 4.78 is 0. The van der Waals surface area contributed by atoms with E-state index < -0.39 is 5.54 Å². The van der Waals surface area contributed by atoms with E-state index >= 15 is 0 Å². The van der Waals surface area contributed by atoms with Crippen LogP contribution in [0, 0.1) is 0 Å². The average molecular weight is 247 g/mol. The van der Waals surface area contributed by atoms with E-state index in [1.807, 2.05) is 44.4 Å². The molecule has 1 amide bonds. The quantitative estimate of drug-likeness (QED) is 0.812. The highest BCUT2D eigenvalue weighted by Crippen LogP contribution is 2.33. The van der Waals surface area contributed by atoms with Gasteiger partial charge in [-0.25, -0.2) is 0 Å². The fourth-order valence-electron chi connectivity index (χ4n) is 1.95. The molecule has 0 spiro atoms. The van der Waals surface area contributed by atoms with E-state index in [9.17, 15) is 4.79 Å². The van der Waals surface area contributed by atoms with Crippen LogP contribution in [0.25, 0.3) is 0 Å². The first-order chi connectivity index (χ1) is 8.51. The minimum atomic E-state index is -0.612. The predicted octanol–water partition coefficient (Wildman–Crippen LogP) is 0.897. The van der Waals surface area contributed by atoms with Crippen molar-refractivity contribution in [3.63, 3.8) is 0 Å². The number of likely N-dealkylation sites (N-methyl/N-ethyl adjacent to an activating group) is 1. The standard InChI is InChI=1S/C14H21N3O/c1-17(2)10-12(11-6-4-3-5-7-11)16-13(18)14(15)8-9-14/h3-7,12H,8-10,15H2,1-2H3,(H,16,18). The third kappa shape index (κ3) is 3.09. The number of benzene rings is 1. The molecule has 1 saturated carbocycles. The zero-order valence-electron chi connectivity index (χ0n) is 11.0. The molecule has 1 unspecified atom stereocenters. The maximum atomic E-state index is 12.0. The number of hydrogen-bond acceptors (Lipinski definition) is 3. The van der Waals surface area contributed by atoms with E-state index in [0.717, 1.165) is 24.9 Å². The molecule has 98 valence electrons. The monoisotopic (exact) mass is 247 g/mol. The minimum Gasteiger partial charge on any atom is -0.346 e. The van der Waals surface area contributed by atoms with Crippen molar-refractivity contribution < 1.29 is 4.79 Å². The fourth-order valence-corrected chi connectivity index (χ4v) is 1.95. The number of nitrogens with zero attached hydrogens (tertiary/aromatic N) is 1. The summed E-state index contributed by atoms with van der Waals surface area (Å²) in [5, 5.41) is 3.06. The second kappa shape index (κ2) is 5.08. The van der Waals surface area contributed by atoms with Crippen LogP contribution < -0.4 is 11.1 Å². The van der Waals surface area contributed by atoms with Gasteiger partial charge in [-0.1, -0.05) is 30.3 Å². The summed E-state index contributed by atoms with van der Waals surface area (Å²) in [4.78, 5) is 14.1. The molecule has 4 heteroatoms. The van der Waals surface area contributed by atoms with E-state index in [2.05, 4.69) is 10.2 Å². The van der Waals surface area contributed by atoms with Gasteiger partial charge >= 0.3 is 0 Å². The molecule has 1 fully saturated rings. The lowest BCUT2D eigenvalue weighted by Gasteiger charge is -2.24. The summed E-state index contributed by atoms with van der Waals surface area (Å²) in [6.45, 7) is 0.770. The summed E-state index contributed by atoms with van der Waals surface area (Å²) in [7, 11) is 3.99. The number of rotatable bonds is 5. The third-order valence-corrected chi connectivity index (χ3v) is 3.30. The normalized spacial score (nSPS) is 18.4. The summed E-state index contributed by atoms with van der Waals surface area (Å²) in [5.74, 6) is -0.0294. The molecule has 0 bridgehead atoms. The van der Waals surface area contributed by atoms with Gasteiger partial charge in [0.05, 0.1) is 11.6 Å². The van der Waals surface area contributed by atoms with E-state index in [4.69, 9.17) is 5.73 Å².